The lowest BCUT2D eigenvalue weighted by Gasteiger charge is -2.12. The van der Waals surface area contributed by atoms with Gasteiger partial charge in [-0.3, -0.25) is 19.6 Å². The van der Waals surface area contributed by atoms with E-state index in [0.29, 0.717) is 18.0 Å². The van der Waals surface area contributed by atoms with Crippen molar-refractivity contribution in [3.8, 4) is 17.2 Å². The number of nitro groups is 1. The fraction of sp³-hybridized carbons (Fsp3) is 0.158. The maximum atomic E-state index is 12.2. The molecule has 1 heterocycles. The molecule has 0 radical (unpaired) electrons. The molecule has 10 heteroatoms. The van der Waals surface area contributed by atoms with Gasteiger partial charge in [0.05, 0.1) is 34.5 Å². The first-order valence-corrected chi connectivity index (χ1v) is 9.32. The van der Waals surface area contributed by atoms with Crippen molar-refractivity contribution in [1.82, 2.24) is 9.78 Å². The van der Waals surface area contributed by atoms with Crippen LogP contribution < -0.4 is 14.8 Å². The van der Waals surface area contributed by atoms with Gasteiger partial charge in [0.1, 0.15) is 5.75 Å². The number of hydrogen-bond donors (Lipinski definition) is 1. The predicted molar refractivity (Wildman–Crippen MR) is 109 cm³/mol. The first-order chi connectivity index (χ1) is 13.9. The zero-order valence-electron chi connectivity index (χ0n) is 15.4. The second-order valence-corrected chi connectivity index (χ2v) is 6.86. The molecular weight excluding hydrogens is 444 g/mol. The van der Waals surface area contributed by atoms with Gasteiger partial charge in [0.25, 0.3) is 5.69 Å². The van der Waals surface area contributed by atoms with E-state index in [0.717, 1.165) is 4.47 Å². The van der Waals surface area contributed by atoms with Crippen LogP contribution in [0.5, 0.6) is 17.2 Å². The van der Waals surface area contributed by atoms with Gasteiger partial charge in [-0.05, 0) is 28.1 Å². The minimum atomic E-state index is -0.550. The molecule has 0 atom stereocenters. The molecular formula is C19H17BrN4O5. The Bertz CT molecular complexity index is 1040. The fourth-order valence-corrected chi connectivity index (χ4v) is 2.88. The number of carbonyl (C=O) groups is 1. The standard InChI is InChI=1S/C19H17BrN4O5/c1-28-17-4-2-3-5-18(17)29-16-9-14(8-15(10-16)24(26)27)22-19(25)6-7-23-12-13(20)11-21-23/h2-5,8-12H,6-7H2,1H3,(H,22,25). The number of halogens is 1. The summed E-state index contributed by atoms with van der Waals surface area (Å²) in [5.74, 6) is 0.780. The summed E-state index contributed by atoms with van der Waals surface area (Å²) >= 11 is 3.29. The molecule has 150 valence electrons. The van der Waals surface area contributed by atoms with Crippen LogP contribution in [-0.4, -0.2) is 27.7 Å². The molecule has 3 aromatic rings. The summed E-state index contributed by atoms with van der Waals surface area (Å²) in [6, 6.07) is 11.0. The maximum absolute atomic E-state index is 12.2. The summed E-state index contributed by atoms with van der Waals surface area (Å²) in [5.41, 5.74) is 0.0550. The fourth-order valence-electron chi connectivity index (χ4n) is 2.55. The van der Waals surface area contributed by atoms with Gasteiger partial charge in [0, 0.05) is 31.3 Å². The monoisotopic (exact) mass is 460 g/mol. The van der Waals surface area contributed by atoms with E-state index in [2.05, 4.69) is 26.3 Å². The minimum Gasteiger partial charge on any atom is -0.493 e. The average molecular weight is 461 g/mol. The largest absolute Gasteiger partial charge is 0.493 e. The predicted octanol–water partition coefficient (Wildman–Crippen LogP) is 4.38. The smallest absolute Gasteiger partial charge is 0.275 e. The third kappa shape index (κ3) is 5.55. The molecule has 0 aliphatic carbocycles. The number of nitrogens with zero attached hydrogens (tertiary/aromatic N) is 3. The van der Waals surface area contributed by atoms with Gasteiger partial charge in [0.2, 0.25) is 5.91 Å². The number of benzene rings is 2. The highest BCUT2D eigenvalue weighted by Crippen LogP contribution is 2.34. The molecule has 0 unspecified atom stereocenters. The maximum Gasteiger partial charge on any atom is 0.275 e. The van der Waals surface area contributed by atoms with Gasteiger partial charge in [0.15, 0.2) is 11.5 Å². The molecule has 1 aromatic heterocycles. The average Bonchev–Trinajstić information content (AvgIpc) is 3.12. The Morgan fingerprint density at radius 1 is 1.28 bits per heavy atom. The molecule has 0 saturated heterocycles. The van der Waals surface area contributed by atoms with Crippen LogP contribution in [0.25, 0.3) is 0 Å². The van der Waals surface area contributed by atoms with Crippen molar-refractivity contribution in [1.29, 1.82) is 0 Å². The summed E-state index contributed by atoms with van der Waals surface area (Å²) in [6.07, 6.45) is 3.53. The molecule has 3 rings (SSSR count). The van der Waals surface area contributed by atoms with E-state index in [1.54, 1.807) is 41.3 Å². The number of nitro benzene ring substituents is 1. The number of rotatable bonds is 8. The summed E-state index contributed by atoms with van der Waals surface area (Å²) < 4.78 is 13.4. The molecule has 9 nitrogen and oxygen atoms in total. The molecule has 1 amide bonds. The molecule has 0 saturated carbocycles. The van der Waals surface area contributed by atoms with Crippen LogP contribution in [0.2, 0.25) is 0 Å². The van der Waals surface area contributed by atoms with Gasteiger partial charge >= 0.3 is 0 Å². The first-order valence-electron chi connectivity index (χ1n) is 8.53. The van der Waals surface area contributed by atoms with E-state index in [-0.39, 0.29) is 29.5 Å². The second-order valence-electron chi connectivity index (χ2n) is 5.95. The lowest BCUT2D eigenvalue weighted by Crippen LogP contribution is -2.14. The number of amides is 1. The molecule has 0 bridgehead atoms. The van der Waals surface area contributed by atoms with Crippen molar-refractivity contribution in [3.05, 3.63) is 69.4 Å². The zero-order chi connectivity index (χ0) is 20.8. The summed E-state index contributed by atoms with van der Waals surface area (Å²) in [6.45, 7) is 0.372. The molecule has 29 heavy (non-hydrogen) atoms. The Kier molecular flexibility index (Phi) is 6.45. The van der Waals surface area contributed by atoms with E-state index >= 15 is 0 Å². The van der Waals surface area contributed by atoms with Crippen molar-refractivity contribution in [2.75, 3.05) is 12.4 Å². The molecule has 1 N–H and O–H groups in total. The van der Waals surface area contributed by atoms with E-state index in [1.807, 2.05) is 0 Å². The van der Waals surface area contributed by atoms with E-state index in [9.17, 15) is 14.9 Å². The highest BCUT2D eigenvalue weighted by molar-refractivity contribution is 9.10. The van der Waals surface area contributed by atoms with Crippen molar-refractivity contribution < 1.29 is 19.2 Å². The van der Waals surface area contributed by atoms with Gasteiger partial charge < -0.3 is 14.8 Å². The summed E-state index contributed by atoms with van der Waals surface area (Å²) in [4.78, 5) is 23.0. The normalized spacial score (nSPS) is 10.4. The van der Waals surface area contributed by atoms with Crippen molar-refractivity contribution in [3.63, 3.8) is 0 Å². The number of anilines is 1. The van der Waals surface area contributed by atoms with Crippen LogP contribution in [-0.2, 0) is 11.3 Å². The molecule has 2 aromatic carbocycles. The number of nitrogens with one attached hydrogen (secondary N) is 1. The van der Waals surface area contributed by atoms with Crippen LogP contribution in [0.4, 0.5) is 11.4 Å². The SMILES string of the molecule is COc1ccccc1Oc1cc(NC(=O)CCn2cc(Br)cn2)cc([N+](=O)[O-])c1. The number of hydrogen-bond acceptors (Lipinski definition) is 6. The third-order valence-electron chi connectivity index (χ3n) is 3.85. The Hall–Kier alpha value is -3.40. The van der Waals surface area contributed by atoms with Gasteiger partial charge in [-0.1, -0.05) is 12.1 Å². The number of ether oxygens (including phenoxy) is 2. The quantitative estimate of drug-likeness (QED) is 0.394. The van der Waals surface area contributed by atoms with Crippen molar-refractivity contribution in [2.24, 2.45) is 0 Å². The minimum absolute atomic E-state index is 0.152. The number of aryl methyl sites for hydroxylation is 1. The number of methoxy groups -OCH3 is 1. The second kappa shape index (κ2) is 9.20. The number of non-ortho nitro benzene ring substituents is 1. The lowest BCUT2D eigenvalue weighted by molar-refractivity contribution is -0.384. The Morgan fingerprint density at radius 2 is 2.03 bits per heavy atom. The van der Waals surface area contributed by atoms with Crippen LogP contribution in [0.3, 0.4) is 0 Å². The number of para-hydroxylation sites is 2. The summed E-state index contributed by atoms with van der Waals surface area (Å²) in [5, 5.41) is 18.0. The van der Waals surface area contributed by atoms with Crippen molar-refractivity contribution in [2.45, 2.75) is 13.0 Å². The van der Waals surface area contributed by atoms with Crippen LogP contribution in [0.1, 0.15) is 6.42 Å². The van der Waals surface area contributed by atoms with Gasteiger partial charge in [-0.15, -0.1) is 0 Å². The lowest BCUT2D eigenvalue weighted by atomic mass is 10.2. The molecule has 0 spiro atoms. The van der Waals surface area contributed by atoms with Crippen LogP contribution >= 0.6 is 15.9 Å². The van der Waals surface area contributed by atoms with Crippen molar-refractivity contribution >= 4 is 33.2 Å². The van der Waals surface area contributed by atoms with E-state index < -0.39 is 4.92 Å². The molecule has 0 aliphatic rings. The third-order valence-corrected chi connectivity index (χ3v) is 4.26. The number of carbonyl (C=O) groups excluding carboxylic acids is 1. The highest BCUT2D eigenvalue weighted by Gasteiger charge is 2.14. The van der Waals surface area contributed by atoms with E-state index in [1.165, 1.54) is 25.3 Å². The van der Waals surface area contributed by atoms with Crippen LogP contribution in [0.15, 0.2) is 59.3 Å². The van der Waals surface area contributed by atoms with E-state index in [4.69, 9.17) is 9.47 Å². The zero-order valence-corrected chi connectivity index (χ0v) is 17.0. The topological polar surface area (TPSA) is 109 Å². The first kappa shape index (κ1) is 20.3. The van der Waals surface area contributed by atoms with Gasteiger partial charge in [-0.25, -0.2) is 0 Å². The Balaban J connectivity index is 1.75. The summed E-state index contributed by atoms with van der Waals surface area (Å²) in [7, 11) is 1.50. The van der Waals surface area contributed by atoms with Crippen LogP contribution in [0, 0.1) is 10.1 Å². The Morgan fingerprint density at radius 3 is 2.69 bits per heavy atom. The Labute approximate surface area is 174 Å². The highest BCUT2D eigenvalue weighted by atomic mass is 79.9. The van der Waals surface area contributed by atoms with Gasteiger partial charge in [-0.2, -0.15) is 5.10 Å². The molecule has 0 aliphatic heterocycles. The molecule has 0 fully saturated rings. The number of aromatic nitrogens is 2.